The molecule has 1 aliphatic rings. The summed E-state index contributed by atoms with van der Waals surface area (Å²) in [5, 5.41) is 0. The number of nitrogens with zero attached hydrogens (tertiary/aromatic N) is 5. The summed E-state index contributed by atoms with van der Waals surface area (Å²) in [6, 6.07) is 8.01. The molecule has 0 saturated heterocycles. The number of hydrogen-bond acceptors (Lipinski definition) is 6. The number of benzene rings is 1. The molecular weight excluding hydrogens is 366 g/mol. The molecule has 0 N–H and O–H groups in total. The van der Waals surface area contributed by atoms with Gasteiger partial charge in [-0.05, 0) is 71.6 Å². The fourth-order valence-corrected chi connectivity index (χ4v) is 3.77. The lowest BCUT2D eigenvalue weighted by Crippen LogP contribution is -2.48. The zero-order chi connectivity index (χ0) is 21.0. The van der Waals surface area contributed by atoms with Gasteiger partial charge in [0.15, 0.2) is 0 Å². The Morgan fingerprint density at radius 1 is 1.14 bits per heavy atom. The Bertz CT molecular complexity index is 876. The quantitative estimate of drug-likeness (QED) is 0.680. The largest absolute Gasteiger partial charge is 0.494 e. The first-order chi connectivity index (χ1) is 13.9. The summed E-state index contributed by atoms with van der Waals surface area (Å²) in [5.74, 6) is 1.57. The minimum atomic E-state index is 0.0725. The number of fused-ring (bicyclic) bond motifs is 1. The summed E-state index contributed by atoms with van der Waals surface area (Å²) >= 11 is 0. The van der Waals surface area contributed by atoms with Gasteiger partial charge in [-0.3, -0.25) is 19.2 Å². The molecule has 0 unspecified atom stereocenters. The number of aromatic nitrogens is 2. The van der Waals surface area contributed by atoms with E-state index in [1.54, 1.807) is 0 Å². The van der Waals surface area contributed by atoms with Gasteiger partial charge in [0.2, 0.25) is 5.95 Å². The number of ether oxygens (including phenoxy) is 1. The monoisotopic (exact) mass is 399 g/mol. The molecule has 0 atom stereocenters. The zero-order valence-electron chi connectivity index (χ0n) is 18.3. The van der Waals surface area contributed by atoms with Crippen molar-refractivity contribution < 1.29 is 4.74 Å². The summed E-state index contributed by atoms with van der Waals surface area (Å²) < 4.78 is 7.40. The van der Waals surface area contributed by atoms with Gasteiger partial charge >= 0.3 is 0 Å². The standard InChI is InChI=1S/C22H33N5O2/c1-6-20-17(3)23-22-26(18-9-11-19(12-10-18)29-7-2)15-25(14-8-13-24(4)5)16-27(22)21(20)28/h9-12H,6-8,13-16H2,1-5H3. The van der Waals surface area contributed by atoms with Crippen LogP contribution in [0.2, 0.25) is 0 Å². The molecule has 0 aliphatic carbocycles. The summed E-state index contributed by atoms with van der Waals surface area (Å²) in [5.41, 5.74) is 2.70. The maximum Gasteiger partial charge on any atom is 0.259 e. The van der Waals surface area contributed by atoms with Gasteiger partial charge in [0.05, 0.1) is 19.9 Å². The van der Waals surface area contributed by atoms with E-state index in [0.717, 1.165) is 48.2 Å². The molecule has 0 amide bonds. The minimum absolute atomic E-state index is 0.0725. The number of anilines is 2. The first kappa shape index (κ1) is 21.3. The van der Waals surface area contributed by atoms with Gasteiger partial charge in [0.1, 0.15) is 5.75 Å². The first-order valence-corrected chi connectivity index (χ1v) is 10.4. The second-order valence-electron chi connectivity index (χ2n) is 7.75. The molecule has 0 spiro atoms. The number of hydrogen-bond donors (Lipinski definition) is 0. The van der Waals surface area contributed by atoms with Crippen LogP contribution in [-0.2, 0) is 13.1 Å². The van der Waals surface area contributed by atoms with Crippen molar-refractivity contribution in [1.82, 2.24) is 19.4 Å². The van der Waals surface area contributed by atoms with Crippen molar-refractivity contribution in [3.63, 3.8) is 0 Å². The Labute approximate surface area is 173 Å². The second-order valence-corrected chi connectivity index (χ2v) is 7.75. The third kappa shape index (κ3) is 4.79. The minimum Gasteiger partial charge on any atom is -0.494 e. The van der Waals surface area contributed by atoms with Crippen LogP contribution in [0.15, 0.2) is 29.1 Å². The predicted octanol–water partition coefficient (Wildman–Crippen LogP) is 2.83. The lowest BCUT2D eigenvalue weighted by Gasteiger charge is -2.38. The second kappa shape index (κ2) is 9.41. The molecule has 0 fully saturated rings. The maximum atomic E-state index is 13.2. The van der Waals surface area contributed by atoms with E-state index in [-0.39, 0.29) is 5.56 Å². The molecule has 0 radical (unpaired) electrons. The van der Waals surface area contributed by atoms with Crippen molar-refractivity contribution in [2.45, 2.75) is 40.3 Å². The summed E-state index contributed by atoms with van der Waals surface area (Å²) in [7, 11) is 4.17. The topological polar surface area (TPSA) is 53.8 Å². The van der Waals surface area contributed by atoms with Crippen molar-refractivity contribution in [2.24, 2.45) is 0 Å². The van der Waals surface area contributed by atoms with Crippen LogP contribution in [-0.4, -0.2) is 59.8 Å². The van der Waals surface area contributed by atoms with Gasteiger partial charge in [-0.1, -0.05) is 6.92 Å². The molecule has 2 heterocycles. The smallest absolute Gasteiger partial charge is 0.259 e. The van der Waals surface area contributed by atoms with Crippen molar-refractivity contribution in [3.8, 4) is 5.75 Å². The average Bonchev–Trinajstić information content (AvgIpc) is 2.69. The Morgan fingerprint density at radius 2 is 1.86 bits per heavy atom. The SMILES string of the molecule is CCOc1ccc(N2CN(CCCN(C)C)Cn3c2nc(C)c(CC)c3=O)cc1. The van der Waals surface area contributed by atoms with E-state index in [1.165, 1.54) is 0 Å². The van der Waals surface area contributed by atoms with Crippen molar-refractivity contribution >= 4 is 11.6 Å². The van der Waals surface area contributed by atoms with Gasteiger partial charge in [0, 0.05) is 23.5 Å². The summed E-state index contributed by atoms with van der Waals surface area (Å²) in [6.45, 7) is 9.79. The van der Waals surface area contributed by atoms with Crippen LogP contribution in [0.5, 0.6) is 5.75 Å². The van der Waals surface area contributed by atoms with Crippen LogP contribution < -0.4 is 15.2 Å². The normalized spacial score (nSPS) is 14.3. The molecule has 2 aromatic rings. The van der Waals surface area contributed by atoms with E-state index in [0.29, 0.717) is 26.4 Å². The molecule has 1 aliphatic heterocycles. The molecule has 1 aromatic carbocycles. The van der Waals surface area contributed by atoms with Gasteiger partial charge in [-0.2, -0.15) is 0 Å². The molecule has 1 aromatic heterocycles. The van der Waals surface area contributed by atoms with Crippen LogP contribution >= 0.6 is 0 Å². The third-order valence-electron chi connectivity index (χ3n) is 5.27. The number of rotatable bonds is 8. The highest BCUT2D eigenvalue weighted by Crippen LogP contribution is 2.29. The third-order valence-corrected chi connectivity index (χ3v) is 5.27. The molecule has 158 valence electrons. The first-order valence-electron chi connectivity index (χ1n) is 10.4. The lowest BCUT2D eigenvalue weighted by atomic mass is 10.2. The number of aryl methyl sites for hydroxylation is 1. The zero-order valence-corrected chi connectivity index (χ0v) is 18.3. The molecule has 7 nitrogen and oxygen atoms in total. The van der Waals surface area contributed by atoms with Crippen LogP contribution in [0.1, 0.15) is 31.5 Å². The van der Waals surface area contributed by atoms with Crippen LogP contribution in [0, 0.1) is 6.92 Å². The Morgan fingerprint density at radius 3 is 2.48 bits per heavy atom. The Balaban J connectivity index is 1.97. The van der Waals surface area contributed by atoms with E-state index in [4.69, 9.17) is 9.72 Å². The van der Waals surface area contributed by atoms with Gasteiger partial charge in [0.25, 0.3) is 5.56 Å². The van der Waals surface area contributed by atoms with E-state index in [2.05, 4.69) is 28.8 Å². The van der Waals surface area contributed by atoms with Crippen LogP contribution in [0.4, 0.5) is 11.6 Å². The lowest BCUT2D eigenvalue weighted by molar-refractivity contribution is 0.189. The molecule has 29 heavy (non-hydrogen) atoms. The van der Waals surface area contributed by atoms with Gasteiger partial charge in [-0.25, -0.2) is 4.98 Å². The molecule has 7 heteroatoms. The Hall–Kier alpha value is -2.38. The molecule has 0 bridgehead atoms. The van der Waals surface area contributed by atoms with Gasteiger partial charge in [-0.15, -0.1) is 0 Å². The fraction of sp³-hybridized carbons (Fsp3) is 0.545. The van der Waals surface area contributed by atoms with E-state index >= 15 is 0 Å². The summed E-state index contributed by atoms with van der Waals surface area (Å²) in [6.07, 6.45) is 1.75. The molecule has 3 rings (SSSR count). The van der Waals surface area contributed by atoms with Crippen molar-refractivity contribution in [2.75, 3.05) is 45.4 Å². The van der Waals surface area contributed by atoms with Crippen molar-refractivity contribution in [1.29, 1.82) is 0 Å². The van der Waals surface area contributed by atoms with Crippen LogP contribution in [0.3, 0.4) is 0 Å². The fourth-order valence-electron chi connectivity index (χ4n) is 3.77. The van der Waals surface area contributed by atoms with Crippen molar-refractivity contribution in [3.05, 3.63) is 45.9 Å². The predicted molar refractivity (Wildman–Crippen MR) is 117 cm³/mol. The summed E-state index contributed by atoms with van der Waals surface area (Å²) in [4.78, 5) is 24.6. The van der Waals surface area contributed by atoms with E-state index < -0.39 is 0 Å². The van der Waals surface area contributed by atoms with E-state index in [9.17, 15) is 4.79 Å². The van der Waals surface area contributed by atoms with E-state index in [1.807, 2.05) is 49.6 Å². The molecular formula is C22H33N5O2. The molecule has 0 saturated carbocycles. The Kier molecular flexibility index (Phi) is 6.92. The average molecular weight is 400 g/mol. The highest BCUT2D eigenvalue weighted by molar-refractivity contribution is 5.59. The van der Waals surface area contributed by atoms with Crippen LogP contribution in [0.25, 0.3) is 0 Å². The van der Waals surface area contributed by atoms with Gasteiger partial charge < -0.3 is 9.64 Å². The maximum absolute atomic E-state index is 13.2. The highest BCUT2D eigenvalue weighted by Gasteiger charge is 2.27. The highest BCUT2D eigenvalue weighted by atomic mass is 16.5.